The molecule has 1 fully saturated rings. The SMILES string of the molecule is CCCNC1CCCC1Sc1nnc(N(C)C)s1. The average Bonchev–Trinajstić information content (AvgIpc) is 2.96. The van der Waals surface area contributed by atoms with Crippen LogP contribution in [0.4, 0.5) is 5.13 Å². The third-order valence-electron chi connectivity index (χ3n) is 3.14. The molecule has 1 aromatic rings. The molecule has 0 radical (unpaired) electrons. The summed E-state index contributed by atoms with van der Waals surface area (Å²) >= 11 is 3.60. The second-order valence-electron chi connectivity index (χ2n) is 4.89. The lowest BCUT2D eigenvalue weighted by molar-refractivity contribution is 0.531. The van der Waals surface area contributed by atoms with Crippen molar-refractivity contribution < 1.29 is 0 Å². The quantitative estimate of drug-likeness (QED) is 0.870. The van der Waals surface area contributed by atoms with E-state index < -0.39 is 0 Å². The molecule has 1 saturated carbocycles. The van der Waals surface area contributed by atoms with Gasteiger partial charge in [-0.15, -0.1) is 10.2 Å². The molecule has 0 amide bonds. The van der Waals surface area contributed by atoms with Crippen molar-refractivity contribution in [2.24, 2.45) is 0 Å². The summed E-state index contributed by atoms with van der Waals surface area (Å²) in [6, 6.07) is 0.654. The minimum Gasteiger partial charge on any atom is -0.353 e. The first kappa shape index (κ1) is 14.1. The summed E-state index contributed by atoms with van der Waals surface area (Å²) in [5.41, 5.74) is 0. The number of hydrogen-bond acceptors (Lipinski definition) is 6. The molecule has 6 heteroatoms. The topological polar surface area (TPSA) is 41.1 Å². The number of thioether (sulfide) groups is 1. The Balaban J connectivity index is 1.90. The maximum Gasteiger partial charge on any atom is 0.208 e. The van der Waals surface area contributed by atoms with E-state index in [0.717, 1.165) is 16.0 Å². The van der Waals surface area contributed by atoms with Crippen LogP contribution in [0, 0.1) is 0 Å². The van der Waals surface area contributed by atoms with Gasteiger partial charge in [0.2, 0.25) is 5.13 Å². The molecule has 2 atom stereocenters. The van der Waals surface area contributed by atoms with E-state index >= 15 is 0 Å². The van der Waals surface area contributed by atoms with Gasteiger partial charge in [-0.2, -0.15) is 0 Å². The van der Waals surface area contributed by atoms with Crippen LogP contribution in [0.15, 0.2) is 4.34 Å². The van der Waals surface area contributed by atoms with Crippen LogP contribution in [0.2, 0.25) is 0 Å². The Kier molecular flexibility index (Phi) is 5.26. The van der Waals surface area contributed by atoms with Crippen LogP contribution in [0.25, 0.3) is 0 Å². The van der Waals surface area contributed by atoms with E-state index in [1.807, 2.05) is 30.8 Å². The normalized spacial score (nSPS) is 23.5. The Morgan fingerprint density at radius 2 is 2.22 bits per heavy atom. The van der Waals surface area contributed by atoms with Crippen LogP contribution < -0.4 is 10.2 Å². The van der Waals surface area contributed by atoms with Gasteiger partial charge >= 0.3 is 0 Å². The summed E-state index contributed by atoms with van der Waals surface area (Å²) in [4.78, 5) is 2.02. The average molecular weight is 286 g/mol. The van der Waals surface area contributed by atoms with Gasteiger partial charge in [0.25, 0.3) is 0 Å². The van der Waals surface area contributed by atoms with Gasteiger partial charge in [0.05, 0.1) is 0 Å². The standard InChI is InChI=1S/C12H22N4S2/c1-4-8-13-9-6-5-7-10(9)17-12-15-14-11(18-12)16(2)3/h9-10,13H,4-8H2,1-3H3. The van der Waals surface area contributed by atoms with Gasteiger partial charge in [0.15, 0.2) is 4.34 Å². The molecule has 1 N–H and O–H groups in total. The number of nitrogens with one attached hydrogen (secondary N) is 1. The largest absolute Gasteiger partial charge is 0.353 e. The van der Waals surface area contributed by atoms with E-state index in [0.29, 0.717) is 11.3 Å². The smallest absolute Gasteiger partial charge is 0.208 e. The number of aromatic nitrogens is 2. The van der Waals surface area contributed by atoms with Crippen LogP contribution in [-0.4, -0.2) is 42.1 Å². The Labute approximate surface area is 118 Å². The van der Waals surface area contributed by atoms with E-state index in [9.17, 15) is 0 Å². The first-order valence-corrected chi connectivity index (χ1v) is 8.31. The Hall–Kier alpha value is -0.330. The summed E-state index contributed by atoms with van der Waals surface area (Å²) in [7, 11) is 4.02. The summed E-state index contributed by atoms with van der Waals surface area (Å²) < 4.78 is 1.11. The molecule has 0 bridgehead atoms. The fraction of sp³-hybridized carbons (Fsp3) is 0.833. The molecule has 1 aromatic heterocycles. The van der Waals surface area contributed by atoms with Crippen LogP contribution >= 0.6 is 23.1 Å². The summed E-state index contributed by atoms with van der Waals surface area (Å²) in [5.74, 6) is 0. The molecular weight excluding hydrogens is 264 g/mol. The Morgan fingerprint density at radius 1 is 1.39 bits per heavy atom. The third-order valence-corrected chi connectivity index (χ3v) is 5.71. The monoisotopic (exact) mass is 286 g/mol. The second-order valence-corrected chi connectivity index (χ2v) is 7.34. The number of nitrogens with zero attached hydrogens (tertiary/aromatic N) is 3. The molecule has 2 rings (SSSR count). The van der Waals surface area contributed by atoms with E-state index in [2.05, 4.69) is 22.4 Å². The van der Waals surface area contributed by atoms with Crippen molar-refractivity contribution in [2.75, 3.05) is 25.5 Å². The van der Waals surface area contributed by atoms with Crippen molar-refractivity contribution in [3.63, 3.8) is 0 Å². The van der Waals surface area contributed by atoms with Gasteiger partial charge in [-0.3, -0.25) is 0 Å². The lowest BCUT2D eigenvalue weighted by Crippen LogP contribution is -2.34. The maximum atomic E-state index is 4.28. The molecule has 1 aliphatic rings. The highest BCUT2D eigenvalue weighted by Gasteiger charge is 2.28. The van der Waals surface area contributed by atoms with Crippen LogP contribution in [0.1, 0.15) is 32.6 Å². The van der Waals surface area contributed by atoms with Gasteiger partial charge in [-0.05, 0) is 25.8 Å². The van der Waals surface area contributed by atoms with Gasteiger partial charge in [-0.25, -0.2) is 0 Å². The zero-order valence-electron chi connectivity index (χ0n) is 11.3. The molecule has 0 aliphatic heterocycles. The van der Waals surface area contributed by atoms with Crippen LogP contribution in [-0.2, 0) is 0 Å². The molecule has 102 valence electrons. The highest BCUT2D eigenvalue weighted by atomic mass is 32.2. The Morgan fingerprint density at radius 3 is 2.89 bits per heavy atom. The van der Waals surface area contributed by atoms with Gasteiger partial charge in [0, 0.05) is 25.4 Å². The number of hydrogen-bond donors (Lipinski definition) is 1. The van der Waals surface area contributed by atoms with Gasteiger partial charge in [0.1, 0.15) is 0 Å². The summed E-state index contributed by atoms with van der Waals surface area (Å²) in [5, 5.41) is 13.8. The maximum absolute atomic E-state index is 4.28. The molecule has 1 aliphatic carbocycles. The second kappa shape index (κ2) is 6.73. The molecular formula is C12H22N4S2. The summed E-state index contributed by atoms with van der Waals surface area (Å²) in [6.07, 6.45) is 5.13. The zero-order chi connectivity index (χ0) is 13.0. The zero-order valence-corrected chi connectivity index (χ0v) is 13.0. The highest BCUT2D eigenvalue weighted by Crippen LogP contribution is 2.37. The van der Waals surface area contributed by atoms with Crippen molar-refractivity contribution in [1.29, 1.82) is 0 Å². The predicted octanol–water partition coefficient (Wildman–Crippen LogP) is 2.62. The van der Waals surface area contributed by atoms with Gasteiger partial charge in [-0.1, -0.05) is 36.4 Å². The number of anilines is 1. The van der Waals surface area contributed by atoms with E-state index in [4.69, 9.17) is 0 Å². The minimum absolute atomic E-state index is 0.654. The molecule has 2 unspecified atom stereocenters. The first-order chi connectivity index (χ1) is 8.70. The van der Waals surface area contributed by atoms with E-state index in [1.165, 1.54) is 25.7 Å². The van der Waals surface area contributed by atoms with Crippen molar-refractivity contribution in [2.45, 2.75) is 48.2 Å². The van der Waals surface area contributed by atoms with Crippen molar-refractivity contribution in [3.05, 3.63) is 0 Å². The fourth-order valence-corrected chi connectivity index (χ4v) is 4.51. The van der Waals surface area contributed by atoms with E-state index in [-0.39, 0.29) is 0 Å². The molecule has 0 aromatic carbocycles. The van der Waals surface area contributed by atoms with Crippen molar-refractivity contribution in [1.82, 2.24) is 15.5 Å². The molecule has 1 heterocycles. The molecule has 4 nitrogen and oxygen atoms in total. The van der Waals surface area contributed by atoms with Gasteiger partial charge < -0.3 is 10.2 Å². The summed E-state index contributed by atoms with van der Waals surface area (Å²) in [6.45, 7) is 3.35. The van der Waals surface area contributed by atoms with Crippen LogP contribution in [0.3, 0.4) is 0 Å². The first-order valence-electron chi connectivity index (χ1n) is 6.61. The molecule has 0 saturated heterocycles. The van der Waals surface area contributed by atoms with Crippen molar-refractivity contribution in [3.8, 4) is 0 Å². The lowest BCUT2D eigenvalue weighted by atomic mass is 10.2. The van der Waals surface area contributed by atoms with Crippen molar-refractivity contribution >= 4 is 28.2 Å². The fourth-order valence-electron chi connectivity index (χ4n) is 2.19. The van der Waals surface area contributed by atoms with Crippen LogP contribution in [0.5, 0.6) is 0 Å². The third kappa shape index (κ3) is 3.59. The lowest BCUT2D eigenvalue weighted by Gasteiger charge is -2.18. The molecule has 0 spiro atoms. The predicted molar refractivity (Wildman–Crippen MR) is 79.8 cm³/mol. The van der Waals surface area contributed by atoms with E-state index in [1.54, 1.807) is 11.3 Å². The highest BCUT2D eigenvalue weighted by molar-refractivity contribution is 8.01. The Bertz CT molecular complexity index is 367. The number of rotatable bonds is 6. The molecule has 18 heavy (non-hydrogen) atoms. The minimum atomic E-state index is 0.654.